The van der Waals surface area contributed by atoms with Crippen LogP contribution in [0.1, 0.15) is 6.42 Å². The predicted octanol–water partition coefficient (Wildman–Crippen LogP) is 0.381. The fourth-order valence-corrected chi connectivity index (χ4v) is 1.22. The van der Waals surface area contributed by atoms with Crippen molar-refractivity contribution in [3.05, 3.63) is 23.5 Å². The average molecular weight is 184 g/mol. The number of carbonyl (C=O) groups excluding carboxylic acids is 1. The summed E-state index contributed by atoms with van der Waals surface area (Å²) in [5.74, 6) is -1.19. The molecule has 72 valence electrons. The first kappa shape index (κ1) is 9.95. The Morgan fingerprint density at radius 1 is 1.54 bits per heavy atom. The van der Waals surface area contributed by atoms with E-state index in [-0.39, 0.29) is 6.42 Å². The quantitative estimate of drug-likeness (QED) is 0.509. The molecule has 0 aromatic carbocycles. The van der Waals surface area contributed by atoms with E-state index in [0.717, 1.165) is 0 Å². The first-order valence-electron chi connectivity index (χ1n) is 3.84. The maximum Gasteiger partial charge on any atom is 0.229 e. The molecule has 1 atom stereocenters. The van der Waals surface area contributed by atoms with Gasteiger partial charge in [-0.15, -0.1) is 0 Å². The van der Waals surface area contributed by atoms with Crippen molar-refractivity contribution >= 4 is 6.29 Å². The molecule has 1 aliphatic rings. The molecule has 1 rings (SSSR count). The van der Waals surface area contributed by atoms with Gasteiger partial charge in [-0.3, -0.25) is 4.79 Å². The third-order valence-corrected chi connectivity index (χ3v) is 1.99. The number of allylic oxidation sites excluding steroid dienone is 2. The molecular formula is C9H12O4. The number of methoxy groups -OCH3 is 2. The van der Waals surface area contributed by atoms with Gasteiger partial charge in [0.05, 0.1) is 7.11 Å². The van der Waals surface area contributed by atoms with Crippen LogP contribution in [0.2, 0.25) is 0 Å². The topological polar surface area (TPSA) is 55.8 Å². The molecule has 0 fully saturated rings. The van der Waals surface area contributed by atoms with Crippen molar-refractivity contribution in [3.63, 3.8) is 0 Å². The van der Waals surface area contributed by atoms with Gasteiger partial charge in [0.1, 0.15) is 6.29 Å². The Hall–Kier alpha value is -1.13. The Morgan fingerprint density at radius 3 is 2.69 bits per heavy atom. The monoisotopic (exact) mass is 184 g/mol. The highest BCUT2D eigenvalue weighted by Gasteiger charge is 2.35. The van der Waals surface area contributed by atoms with E-state index in [1.54, 1.807) is 6.08 Å². The average Bonchev–Trinajstić information content (AvgIpc) is 2.17. The zero-order chi connectivity index (χ0) is 9.90. The molecular weight excluding hydrogens is 172 g/mol. The highest BCUT2D eigenvalue weighted by Crippen LogP contribution is 2.29. The number of aliphatic hydroxyl groups is 1. The zero-order valence-corrected chi connectivity index (χ0v) is 7.61. The van der Waals surface area contributed by atoms with Crippen LogP contribution in [0, 0.1) is 0 Å². The Bertz CT molecular complexity index is 267. The second kappa shape index (κ2) is 3.72. The molecule has 0 aliphatic heterocycles. The molecule has 4 nitrogen and oxygen atoms in total. The summed E-state index contributed by atoms with van der Waals surface area (Å²) in [4.78, 5) is 10.5. The maximum atomic E-state index is 10.5. The molecule has 4 heteroatoms. The van der Waals surface area contributed by atoms with Crippen molar-refractivity contribution in [3.8, 4) is 0 Å². The van der Waals surface area contributed by atoms with E-state index in [1.165, 1.54) is 20.3 Å². The minimum absolute atomic E-state index is 0.118. The second-order valence-electron chi connectivity index (χ2n) is 2.76. The molecule has 1 unspecified atom stereocenters. The summed E-state index contributed by atoms with van der Waals surface area (Å²) in [6, 6.07) is 0. The van der Waals surface area contributed by atoms with E-state index >= 15 is 0 Å². The van der Waals surface area contributed by atoms with Crippen molar-refractivity contribution in [2.24, 2.45) is 0 Å². The van der Waals surface area contributed by atoms with Crippen LogP contribution in [0.4, 0.5) is 0 Å². The van der Waals surface area contributed by atoms with E-state index in [0.29, 0.717) is 17.6 Å². The predicted molar refractivity (Wildman–Crippen MR) is 45.8 cm³/mol. The lowest BCUT2D eigenvalue weighted by Crippen LogP contribution is -2.36. The third kappa shape index (κ3) is 1.79. The van der Waals surface area contributed by atoms with Gasteiger partial charge in [0.2, 0.25) is 5.79 Å². The lowest BCUT2D eigenvalue weighted by molar-refractivity contribution is -0.179. The number of hydrogen-bond acceptors (Lipinski definition) is 4. The molecule has 0 bridgehead atoms. The first-order chi connectivity index (χ1) is 6.16. The molecule has 0 amide bonds. The summed E-state index contributed by atoms with van der Waals surface area (Å²) in [6.07, 6.45) is 3.93. The van der Waals surface area contributed by atoms with E-state index in [4.69, 9.17) is 9.47 Å². The molecule has 0 aromatic rings. The summed E-state index contributed by atoms with van der Waals surface area (Å²) in [6.45, 7) is 0. The van der Waals surface area contributed by atoms with Crippen LogP contribution >= 0.6 is 0 Å². The fourth-order valence-electron chi connectivity index (χ4n) is 1.22. The van der Waals surface area contributed by atoms with Gasteiger partial charge in [-0.1, -0.05) is 6.08 Å². The largest absolute Gasteiger partial charge is 0.495 e. The van der Waals surface area contributed by atoms with E-state index < -0.39 is 5.79 Å². The van der Waals surface area contributed by atoms with Gasteiger partial charge in [0.15, 0.2) is 5.76 Å². The molecule has 1 N–H and O–H groups in total. The molecule has 1 aliphatic carbocycles. The van der Waals surface area contributed by atoms with Crippen molar-refractivity contribution in [2.75, 3.05) is 14.2 Å². The number of ether oxygens (including phenoxy) is 2. The molecule has 0 aromatic heterocycles. The minimum Gasteiger partial charge on any atom is -0.495 e. The highest BCUT2D eigenvalue weighted by atomic mass is 16.6. The number of carbonyl (C=O) groups is 1. The van der Waals surface area contributed by atoms with Crippen LogP contribution in [-0.2, 0) is 14.3 Å². The molecule has 0 spiro atoms. The van der Waals surface area contributed by atoms with E-state index in [9.17, 15) is 9.90 Å². The van der Waals surface area contributed by atoms with Crippen molar-refractivity contribution in [1.29, 1.82) is 0 Å². The number of rotatable bonds is 3. The van der Waals surface area contributed by atoms with Gasteiger partial charge >= 0.3 is 0 Å². The lowest BCUT2D eigenvalue weighted by atomic mass is 9.98. The van der Waals surface area contributed by atoms with Crippen LogP contribution in [0.5, 0.6) is 0 Å². The Morgan fingerprint density at radius 2 is 2.23 bits per heavy atom. The summed E-state index contributed by atoms with van der Waals surface area (Å²) in [5.41, 5.74) is 0.477. The summed E-state index contributed by atoms with van der Waals surface area (Å²) < 4.78 is 9.79. The van der Waals surface area contributed by atoms with Gasteiger partial charge in [-0.05, 0) is 11.6 Å². The van der Waals surface area contributed by atoms with E-state index in [1.807, 2.05) is 0 Å². The van der Waals surface area contributed by atoms with Crippen molar-refractivity contribution in [1.82, 2.24) is 0 Å². The van der Waals surface area contributed by atoms with Crippen LogP contribution in [0.15, 0.2) is 23.5 Å². The van der Waals surface area contributed by atoms with Gasteiger partial charge < -0.3 is 14.6 Å². The van der Waals surface area contributed by atoms with Crippen LogP contribution in [-0.4, -0.2) is 31.4 Å². The van der Waals surface area contributed by atoms with Gasteiger partial charge in [-0.2, -0.15) is 0 Å². The Labute approximate surface area is 76.5 Å². The van der Waals surface area contributed by atoms with Gasteiger partial charge in [0, 0.05) is 13.5 Å². The number of aldehydes is 1. The minimum atomic E-state index is -1.50. The Balaban J connectivity index is 2.96. The molecule has 0 saturated heterocycles. The maximum absolute atomic E-state index is 10.5. The standard InChI is InChI=1S/C9H12O4/c1-12-8-4-3-7(6-10)5-9(8,11)13-2/h3-4,6,11H,5H2,1-2H3. The van der Waals surface area contributed by atoms with Crippen molar-refractivity contribution in [2.45, 2.75) is 12.2 Å². The smallest absolute Gasteiger partial charge is 0.229 e. The molecule has 13 heavy (non-hydrogen) atoms. The van der Waals surface area contributed by atoms with Crippen molar-refractivity contribution < 1.29 is 19.4 Å². The molecule has 0 radical (unpaired) electrons. The van der Waals surface area contributed by atoms with Gasteiger partial charge in [0.25, 0.3) is 0 Å². The van der Waals surface area contributed by atoms with Crippen LogP contribution in [0.25, 0.3) is 0 Å². The second-order valence-corrected chi connectivity index (χ2v) is 2.76. The summed E-state index contributed by atoms with van der Waals surface area (Å²) >= 11 is 0. The normalized spacial score (nSPS) is 27.6. The lowest BCUT2D eigenvalue weighted by Gasteiger charge is -2.29. The SMILES string of the molecule is COC1=CC=C(C=O)CC1(O)OC. The highest BCUT2D eigenvalue weighted by molar-refractivity contribution is 5.74. The van der Waals surface area contributed by atoms with Crippen LogP contribution < -0.4 is 0 Å². The summed E-state index contributed by atoms with van der Waals surface area (Å²) in [7, 11) is 2.80. The third-order valence-electron chi connectivity index (χ3n) is 1.99. The molecule has 0 saturated carbocycles. The summed E-state index contributed by atoms with van der Waals surface area (Å²) in [5, 5.41) is 9.83. The number of hydrogen-bond donors (Lipinski definition) is 1. The van der Waals surface area contributed by atoms with E-state index in [2.05, 4.69) is 0 Å². The fraction of sp³-hybridized carbons (Fsp3) is 0.444. The zero-order valence-electron chi connectivity index (χ0n) is 7.61. The molecule has 0 heterocycles. The van der Waals surface area contributed by atoms with Crippen LogP contribution in [0.3, 0.4) is 0 Å². The Kier molecular flexibility index (Phi) is 2.85. The van der Waals surface area contributed by atoms with Gasteiger partial charge in [-0.25, -0.2) is 0 Å². The first-order valence-corrected chi connectivity index (χ1v) is 3.84.